The number of aryl methyl sites for hydroxylation is 4. The standard InChI is InChI=1S/C50H68F6N12O6/c1-9-35-17-21-65(45(71)57-35)19-11-13-27-67(29-23-63(24-30-67)39-33-37(49(51,52)53)59-43(61-39)47(3,4)5)73-41(69)15-16-42(70)74-68(28-14-12-20-66-22-18-36(10-2)58-46(66)72)31-25-64(26-32-68)40-34-38(50(54,55)56)60-44(62-40)48(6,7)8/h15-18,21-22,33-34H,9-14,19-20,23-32H2,1-8H3/q+2/b16-15+. The molecule has 0 radical (unpaired) electrons. The Balaban J connectivity index is 1.18. The molecule has 0 aliphatic carbocycles. The highest BCUT2D eigenvalue weighted by Crippen LogP contribution is 2.35. The molecule has 0 aromatic carbocycles. The normalized spacial score (nSPS) is 16.4. The van der Waals surface area contributed by atoms with E-state index in [1.807, 2.05) is 13.8 Å². The zero-order valence-corrected chi connectivity index (χ0v) is 43.4. The number of nitrogens with zero attached hydrogens (tertiary/aromatic N) is 12. The predicted molar refractivity (Wildman–Crippen MR) is 261 cm³/mol. The van der Waals surface area contributed by atoms with Crippen molar-refractivity contribution in [3.8, 4) is 0 Å². The monoisotopic (exact) mass is 1050 g/mol. The van der Waals surface area contributed by atoms with Crippen molar-refractivity contribution in [3.63, 3.8) is 0 Å². The smallest absolute Gasteiger partial charge is 0.345 e. The second kappa shape index (κ2) is 23.1. The number of hydrogen-bond donors (Lipinski definition) is 0. The molecule has 4 aromatic rings. The molecule has 0 amide bonds. The molecule has 2 saturated heterocycles. The van der Waals surface area contributed by atoms with Crippen LogP contribution in [-0.2, 0) is 68.4 Å². The molecule has 0 unspecified atom stereocenters. The number of hydroxylamine groups is 6. The van der Waals surface area contributed by atoms with Crippen molar-refractivity contribution >= 4 is 23.6 Å². The van der Waals surface area contributed by atoms with Gasteiger partial charge in [-0.2, -0.15) is 36.3 Å². The van der Waals surface area contributed by atoms with Gasteiger partial charge in [0.1, 0.15) is 73.9 Å². The van der Waals surface area contributed by atoms with Crippen LogP contribution in [0.25, 0.3) is 0 Å². The molecule has 4 aromatic heterocycles. The Morgan fingerprint density at radius 1 is 0.568 bits per heavy atom. The Kier molecular flexibility index (Phi) is 17.8. The number of alkyl halides is 6. The first-order chi connectivity index (χ1) is 34.6. The number of aromatic nitrogens is 8. The highest BCUT2D eigenvalue weighted by molar-refractivity contribution is 5.91. The van der Waals surface area contributed by atoms with Crippen LogP contribution in [0, 0.1) is 0 Å². The predicted octanol–water partition coefficient (Wildman–Crippen LogP) is 6.54. The van der Waals surface area contributed by atoms with E-state index in [1.165, 1.54) is 9.13 Å². The molecule has 0 N–H and O–H groups in total. The topological polar surface area (TPSA) is 180 Å². The lowest BCUT2D eigenvalue weighted by Gasteiger charge is -2.42. The summed E-state index contributed by atoms with van der Waals surface area (Å²) in [5.74, 6) is -1.56. The fourth-order valence-corrected chi connectivity index (χ4v) is 8.60. The summed E-state index contributed by atoms with van der Waals surface area (Å²) in [7, 11) is 0. The van der Waals surface area contributed by atoms with Crippen molar-refractivity contribution in [2.75, 3.05) is 75.2 Å². The van der Waals surface area contributed by atoms with Gasteiger partial charge in [-0.05, 0) is 37.8 Å². The summed E-state index contributed by atoms with van der Waals surface area (Å²) < 4.78 is 86.8. The molecule has 2 fully saturated rings. The van der Waals surface area contributed by atoms with Gasteiger partial charge in [0.25, 0.3) is 0 Å². The van der Waals surface area contributed by atoms with Gasteiger partial charge in [0.15, 0.2) is 0 Å². The molecular weight excluding hydrogens is 979 g/mol. The van der Waals surface area contributed by atoms with Gasteiger partial charge >= 0.3 is 35.7 Å². The minimum Gasteiger partial charge on any atom is -0.345 e. The van der Waals surface area contributed by atoms with Crippen LogP contribution in [0.5, 0.6) is 0 Å². The SMILES string of the molecule is CCc1ccn(CCCC[N+]2(OC(=O)/C=C/C(=O)O[N+]3(CCCCn4ccc(CC)nc4=O)CCN(c4cc(C(F)(F)F)nc(C(C)(C)C)n4)CC3)CCN(c3cc(C(F)(F)F)nc(C(C)(C)C)n3)CC2)c(=O)n1. The molecule has 6 heterocycles. The molecule has 0 spiro atoms. The lowest BCUT2D eigenvalue weighted by atomic mass is 9.95. The maximum Gasteiger partial charge on any atom is 0.433 e. The number of carbonyl (C=O) groups excluding carboxylic acids is 2. The van der Waals surface area contributed by atoms with Gasteiger partial charge in [-0.1, -0.05) is 55.4 Å². The van der Waals surface area contributed by atoms with Gasteiger partial charge in [0.05, 0.1) is 26.2 Å². The fourth-order valence-electron chi connectivity index (χ4n) is 8.60. The highest BCUT2D eigenvalue weighted by Gasteiger charge is 2.42. The Morgan fingerprint density at radius 2 is 0.919 bits per heavy atom. The van der Waals surface area contributed by atoms with Gasteiger partial charge in [-0.15, -0.1) is 9.29 Å². The summed E-state index contributed by atoms with van der Waals surface area (Å²) >= 11 is 0. The van der Waals surface area contributed by atoms with Crippen LogP contribution in [-0.4, -0.2) is 126 Å². The molecule has 74 heavy (non-hydrogen) atoms. The lowest BCUT2D eigenvalue weighted by molar-refractivity contribution is -1.09. The number of quaternary nitrogens is 2. The summed E-state index contributed by atoms with van der Waals surface area (Å²) in [4.78, 5) is 93.1. The lowest BCUT2D eigenvalue weighted by Crippen LogP contribution is -2.61. The average molecular weight is 1050 g/mol. The molecule has 2 aliphatic heterocycles. The van der Waals surface area contributed by atoms with Crippen molar-refractivity contribution < 1.29 is 54.9 Å². The maximum absolute atomic E-state index is 14.1. The number of hydrogen-bond acceptors (Lipinski definition) is 14. The summed E-state index contributed by atoms with van der Waals surface area (Å²) in [6, 6.07) is 5.36. The number of rotatable bonds is 18. The molecule has 404 valence electrons. The first-order valence-electron chi connectivity index (χ1n) is 25.0. The van der Waals surface area contributed by atoms with Crippen LogP contribution in [0.3, 0.4) is 0 Å². The third kappa shape index (κ3) is 15.2. The second-order valence-electron chi connectivity index (χ2n) is 20.9. The summed E-state index contributed by atoms with van der Waals surface area (Å²) in [5.41, 5.74) is -3.18. The minimum atomic E-state index is -4.72. The van der Waals surface area contributed by atoms with Crippen LogP contribution in [0.2, 0.25) is 0 Å². The fraction of sp³-hybridized carbons (Fsp3) is 0.600. The van der Waals surface area contributed by atoms with Gasteiger partial charge in [-0.25, -0.2) is 39.1 Å². The molecule has 0 saturated carbocycles. The Labute approximate surface area is 426 Å². The molecule has 0 atom stereocenters. The Hall–Kier alpha value is -6.30. The number of halogens is 6. The van der Waals surface area contributed by atoms with Crippen molar-refractivity contribution in [3.05, 3.63) is 104 Å². The quantitative estimate of drug-likeness (QED) is 0.0454. The Bertz CT molecular complexity index is 2500. The number of piperazine rings is 2. The molecule has 0 bridgehead atoms. The van der Waals surface area contributed by atoms with Crippen LogP contribution in [0.1, 0.15) is 115 Å². The van der Waals surface area contributed by atoms with Crippen molar-refractivity contribution in [2.45, 2.75) is 130 Å². The molecule has 2 aliphatic rings. The molecular formula is C50H68F6N12O6+2. The van der Waals surface area contributed by atoms with E-state index >= 15 is 0 Å². The number of unbranched alkanes of at least 4 members (excludes halogenated alkanes) is 2. The van der Waals surface area contributed by atoms with Gasteiger partial charge in [0.2, 0.25) is 0 Å². The summed E-state index contributed by atoms with van der Waals surface area (Å²) in [5, 5.41) is 0. The zero-order valence-electron chi connectivity index (χ0n) is 43.4. The van der Waals surface area contributed by atoms with Crippen molar-refractivity contribution in [1.29, 1.82) is 0 Å². The minimum absolute atomic E-state index is 0.0202. The van der Waals surface area contributed by atoms with Crippen molar-refractivity contribution in [2.24, 2.45) is 0 Å². The second-order valence-corrected chi connectivity index (χ2v) is 20.9. The highest BCUT2D eigenvalue weighted by atomic mass is 19.4. The van der Waals surface area contributed by atoms with E-state index in [9.17, 15) is 45.5 Å². The van der Waals surface area contributed by atoms with Gasteiger partial charge < -0.3 is 9.80 Å². The van der Waals surface area contributed by atoms with E-state index in [4.69, 9.17) is 9.68 Å². The first-order valence-corrected chi connectivity index (χ1v) is 25.0. The van der Waals surface area contributed by atoms with E-state index in [-0.39, 0.29) is 109 Å². The third-order valence-electron chi connectivity index (χ3n) is 13.0. The summed E-state index contributed by atoms with van der Waals surface area (Å²) in [6.07, 6.45) is -1.04. The number of anilines is 2. The van der Waals surface area contributed by atoms with Gasteiger partial charge in [0, 0.05) is 84.8 Å². The van der Waals surface area contributed by atoms with E-state index in [1.54, 1.807) is 75.9 Å². The number of carbonyl (C=O) groups is 2. The van der Waals surface area contributed by atoms with Crippen LogP contribution in [0.4, 0.5) is 38.0 Å². The average Bonchev–Trinajstić information content (AvgIpc) is 3.33. The third-order valence-corrected chi connectivity index (χ3v) is 13.0. The molecule has 24 heteroatoms. The van der Waals surface area contributed by atoms with E-state index in [0.717, 1.165) is 24.3 Å². The zero-order chi connectivity index (χ0) is 54.3. The maximum atomic E-state index is 14.1. The largest absolute Gasteiger partial charge is 0.433 e. The Morgan fingerprint density at radius 3 is 1.22 bits per heavy atom. The molecule has 18 nitrogen and oxygen atoms in total. The summed E-state index contributed by atoms with van der Waals surface area (Å²) in [6.45, 7) is 16.5. The van der Waals surface area contributed by atoms with Crippen LogP contribution < -0.4 is 21.2 Å². The van der Waals surface area contributed by atoms with E-state index in [0.29, 0.717) is 63.0 Å². The van der Waals surface area contributed by atoms with E-state index in [2.05, 4.69) is 29.9 Å². The first kappa shape index (κ1) is 57.0. The van der Waals surface area contributed by atoms with Crippen molar-refractivity contribution in [1.82, 2.24) is 39.0 Å². The van der Waals surface area contributed by atoms with Crippen LogP contribution >= 0.6 is 0 Å². The molecule has 6 rings (SSSR count). The van der Waals surface area contributed by atoms with E-state index < -0.39 is 46.5 Å². The van der Waals surface area contributed by atoms with Crippen LogP contribution in [0.15, 0.2) is 58.4 Å². The van der Waals surface area contributed by atoms with Gasteiger partial charge in [-0.3, -0.25) is 18.8 Å².